The molecule has 1 fully saturated rings. The lowest BCUT2D eigenvalue weighted by Gasteiger charge is -2.14. The van der Waals surface area contributed by atoms with E-state index >= 15 is 0 Å². The number of carbonyl (C=O) groups is 2. The van der Waals surface area contributed by atoms with E-state index in [0.717, 1.165) is 19.4 Å². The average molecular weight is 296 g/mol. The third-order valence-corrected chi connectivity index (χ3v) is 3.56. The molecular weight excluding hydrogens is 278 g/mol. The highest BCUT2D eigenvalue weighted by Crippen LogP contribution is 2.22. The summed E-state index contributed by atoms with van der Waals surface area (Å²) in [5.41, 5.74) is 1.03. The molecule has 20 heavy (non-hydrogen) atoms. The van der Waals surface area contributed by atoms with Gasteiger partial charge in [-0.3, -0.25) is 9.59 Å². The van der Waals surface area contributed by atoms with Crippen molar-refractivity contribution in [3.8, 4) is 0 Å². The molecule has 1 heterocycles. The zero-order valence-electron chi connectivity index (χ0n) is 11.6. The molecule has 1 aromatic rings. The largest absolute Gasteiger partial charge is 0.345 e. The van der Waals surface area contributed by atoms with Crippen LogP contribution in [0, 0.1) is 0 Å². The molecule has 0 radical (unpaired) electrons. The molecule has 2 amide bonds. The van der Waals surface area contributed by atoms with Crippen molar-refractivity contribution in [2.24, 2.45) is 0 Å². The number of benzene rings is 1. The first-order valence-corrected chi connectivity index (χ1v) is 6.92. The zero-order chi connectivity index (χ0) is 14.7. The molecule has 1 unspecified atom stereocenters. The molecule has 0 aromatic heterocycles. The number of halogens is 1. The van der Waals surface area contributed by atoms with Gasteiger partial charge in [0.1, 0.15) is 0 Å². The SMILES string of the molecule is CN(C)C(=O)c1ccc(NC(=O)C2CCCN2)cc1Cl. The van der Waals surface area contributed by atoms with Gasteiger partial charge in [-0.25, -0.2) is 0 Å². The Kier molecular flexibility index (Phi) is 4.62. The Morgan fingerprint density at radius 2 is 2.15 bits per heavy atom. The van der Waals surface area contributed by atoms with Gasteiger partial charge in [-0.05, 0) is 37.6 Å². The summed E-state index contributed by atoms with van der Waals surface area (Å²) in [7, 11) is 3.33. The van der Waals surface area contributed by atoms with Crippen molar-refractivity contribution < 1.29 is 9.59 Å². The second-order valence-electron chi connectivity index (χ2n) is 5.03. The molecule has 6 heteroatoms. The highest BCUT2D eigenvalue weighted by atomic mass is 35.5. The van der Waals surface area contributed by atoms with Crippen molar-refractivity contribution in [1.82, 2.24) is 10.2 Å². The van der Waals surface area contributed by atoms with Gasteiger partial charge in [0.2, 0.25) is 5.91 Å². The summed E-state index contributed by atoms with van der Waals surface area (Å²) in [6.07, 6.45) is 1.85. The third kappa shape index (κ3) is 3.29. The van der Waals surface area contributed by atoms with Crippen molar-refractivity contribution in [1.29, 1.82) is 0 Å². The van der Waals surface area contributed by atoms with Crippen LogP contribution >= 0.6 is 11.6 Å². The van der Waals surface area contributed by atoms with Crippen molar-refractivity contribution >= 4 is 29.1 Å². The molecule has 1 aliphatic rings. The second kappa shape index (κ2) is 6.24. The fourth-order valence-corrected chi connectivity index (χ4v) is 2.41. The van der Waals surface area contributed by atoms with E-state index in [1.807, 2.05) is 0 Å². The standard InChI is InChI=1S/C14H18ClN3O2/c1-18(2)14(20)10-6-5-9(8-11(10)15)17-13(19)12-4-3-7-16-12/h5-6,8,12,16H,3-4,7H2,1-2H3,(H,17,19). The molecule has 1 atom stereocenters. The first kappa shape index (κ1) is 14.8. The quantitative estimate of drug-likeness (QED) is 0.893. The van der Waals surface area contributed by atoms with Crippen LogP contribution in [-0.4, -0.2) is 43.4 Å². The number of hydrogen-bond acceptors (Lipinski definition) is 3. The number of nitrogens with zero attached hydrogens (tertiary/aromatic N) is 1. The molecule has 5 nitrogen and oxygen atoms in total. The second-order valence-corrected chi connectivity index (χ2v) is 5.44. The van der Waals surface area contributed by atoms with Gasteiger partial charge >= 0.3 is 0 Å². The van der Waals surface area contributed by atoms with Gasteiger partial charge in [0.25, 0.3) is 5.91 Å². The summed E-state index contributed by atoms with van der Waals surface area (Å²) < 4.78 is 0. The van der Waals surface area contributed by atoms with E-state index < -0.39 is 0 Å². The maximum Gasteiger partial charge on any atom is 0.254 e. The van der Waals surface area contributed by atoms with Gasteiger partial charge in [0.15, 0.2) is 0 Å². The highest BCUT2D eigenvalue weighted by Gasteiger charge is 2.22. The van der Waals surface area contributed by atoms with Crippen molar-refractivity contribution in [2.45, 2.75) is 18.9 Å². The van der Waals surface area contributed by atoms with E-state index in [0.29, 0.717) is 16.3 Å². The van der Waals surface area contributed by atoms with Gasteiger partial charge < -0.3 is 15.5 Å². The lowest BCUT2D eigenvalue weighted by Crippen LogP contribution is -2.35. The van der Waals surface area contributed by atoms with Crippen LogP contribution in [0.5, 0.6) is 0 Å². The molecule has 2 rings (SSSR count). The van der Waals surface area contributed by atoms with E-state index in [9.17, 15) is 9.59 Å². The number of carbonyl (C=O) groups excluding carboxylic acids is 2. The van der Waals surface area contributed by atoms with Crippen molar-refractivity contribution in [2.75, 3.05) is 26.0 Å². The Balaban J connectivity index is 2.09. The monoisotopic (exact) mass is 295 g/mol. The number of nitrogens with one attached hydrogen (secondary N) is 2. The van der Waals surface area contributed by atoms with Crippen LogP contribution in [0.4, 0.5) is 5.69 Å². The Morgan fingerprint density at radius 3 is 2.70 bits per heavy atom. The molecule has 0 saturated carbocycles. The van der Waals surface area contributed by atoms with Gasteiger partial charge in [-0.15, -0.1) is 0 Å². The minimum Gasteiger partial charge on any atom is -0.345 e. The zero-order valence-corrected chi connectivity index (χ0v) is 12.3. The lowest BCUT2D eigenvalue weighted by molar-refractivity contribution is -0.117. The normalized spacial score (nSPS) is 17.9. The molecule has 108 valence electrons. The minimum absolute atomic E-state index is 0.0646. The number of rotatable bonds is 3. The molecule has 1 saturated heterocycles. The average Bonchev–Trinajstić information content (AvgIpc) is 2.92. The minimum atomic E-state index is -0.162. The van der Waals surface area contributed by atoms with Gasteiger partial charge in [0, 0.05) is 19.8 Å². The molecule has 1 aliphatic heterocycles. The van der Waals surface area contributed by atoms with Crippen LogP contribution in [0.1, 0.15) is 23.2 Å². The topological polar surface area (TPSA) is 61.4 Å². The summed E-state index contributed by atoms with van der Waals surface area (Å²) in [4.78, 5) is 25.3. The van der Waals surface area contributed by atoms with Crippen LogP contribution < -0.4 is 10.6 Å². The van der Waals surface area contributed by atoms with E-state index in [4.69, 9.17) is 11.6 Å². The van der Waals surface area contributed by atoms with Crippen molar-refractivity contribution in [3.63, 3.8) is 0 Å². The fraction of sp³-hybridized carbons (Fsp3) is 0.429. The molecular formula is C14H18ClN3O2. The summed E-state index contributed by atoms with van der Waals surface area (Å²) in [6, 6.07) is 4.78. The summed E-state index contributed by atoms with van der Waals surface area (Å²) >= 11 is 6.10. The Labute approximate surface area is 123 Å². The third-order valence-electron chi connectivity index (χ3n) is 3.25. The van der Waals surface area contributed by atoms with E-state index in [1.165, 1.54) is 4.90 Å². The van der Waals surface area contributed by atoms with Crippen LogP contribution in [0.2, 0.25) is 5.02 Å². The molecule has 2 N–H and O–H groups in total. The molecule has 0 bridgehead atoms. The summed E-state index contributed by atoms with van der Waals surface area (Å²) in [5, 5.41) is 6.27. The number of amides is 2. The molecule has 1 aromatic carbocycles. The Bertz CT molecular complexity index is 525. The predicted molar refractivity (Wildman–Crippen MR) is 79.1 cm³/mol. The first-order chi connectivity index (χ1) is 9.49. The molecule has 0 aliphatic carbocycles. The Hall–Kier alpha value is -1.59. The van der Waals surface area contributed by atoms with Gasteiger partial charge in [-0.2, -0.15) is 0 Å². The predicted octanol–water partition coefficient (Wildman–Crippen LogP) is 1.73. The first-order valence-electron chi connectivity index (χ1n) is 6.54. The fourth-order valence-electron chi connectivity index (χ4n) is 2.14. The van der Waals surface area contributed by atoms with Crippen LogP contribution in [-0.2, 0) is 4.79 Å². The van der Waals surface area contributed by atoms with Crippen LogP contribution in [0.3, 0.4) is 0 Å². The van der Waals surface area contributed by atoms with E-state index in [1.54, 1.807) is 32.3 Å². The smallest absolute Gasteiger partial charge is 0.254 e. The van der Waals surface area contributed by atoms with Crippen LogP contribution in [0.25, 0.3) is 0 Å². The van der Waals surface area contributed by atoms with Gasteiger partial charge in [-0.1, -0.05) is 11.6 Å². The van der Waals surface area contributed by atoms with Crippen molar-refractivity contribution in [3.05, 3.63) is 28.8 Å². The highest BCUT2D eigenvalue weighted by molar-refractivity contribution is 6.34. The van der Waals surface area contributed by atoms with E-state index in [-0.39, 0.29) is 17.9 Å². The lowest BCUT2D eigenvalue weighted by atomic mass is 10.1. The van der Waals surface area contributed by atoms with Gasteiger partial charge in [0.05, 0.1) is 16.6 Å². The Morgan fingerprint density at radius 1 is 1.40 bits per heavy atom. The van der Waals surface area contributed by atoms with Crippen LogP contribution in [0.15, 0.2) is 18.2 Å². The summed E-state index contributed by atoms with van der Waals surface area (Å²) in [5.74, 6) is -0.226. The molecule has 0 spiro atoms. The summed E-state index contributed by atoms with van der Waals surface area (Å²) in [6.45, 7) is 0.870. The number of anilines is 1. The maximum absolute atomic E-state index is 12.0. The van der Waals surface area contributed by atoms with E-state index in [2.05, 4.69) is 10.6 Å². The maximum atomic E-state index is 12.0. The number of hydrogen-bond donors (Lipinski definition) is 2.